The Bertz CT molecular complexity index is 1140. The highest BCUT2D eigenvalue weighted by Crippen LogP contribution is 2.41. The fourth-order valence-corrected chi connectivity index (χ4v) is 5.42. The van der Waals surface area contributed by atoms with Crippen molar-refractivity contribution in [2.45, 2.75) is 25.3 Å². The summed E-state index contributed by atoms with van der Waals surface area (Å²) in [6.45, 7) is 5.17. The maximum Gasteiger partial charge on any atom is 0.268 e. The number of carbonyl (C=O) groups is 1. The highest BCUT2D eigenvalue weighted by atomic mass is 32.2. The first kappa shape index (κ1) is 21.0. The van der Waals surface area contributed by atoms with Gasteiger partial charge >= 0.3 is 0 Å². The molecular formula is C23H25FN6OS. The largest absolute Gasteiger partial charge is 0.368 e. The maximum absolute atomic E-state index is 13.7. The van der Waals surface area contributed by atoms with Gasteiger partial charge in [-0.25, -0.2) is 9.37 Å². The molecule has 2 aliphatic heterocycles. The number of H-pyrrole nitrogens is 1. The van der Waals surface area contributed by atoms with Crippen molar-refractivity contribution < 1.29 is 9.18 Å². The van der Waals surface area contributed by atoms with Gasteiger partial charge in [0.1, 0.15) is 17.3 Å². The molecule has 5 rings (SSSR count). The minimum atomic E-state index is -0.418. The number of hydrogen-bond acceptors (Lipinski definition) is 6. The molecule has 1 aromatic carbocycles. The number of aromatic amines is 1. The van der Waals surface area contributed by atoms with Gasteiger partial charge < -0.3 is 20.5 Å². The molecule has 4 heterocycles. The van der Waals surface area contributed by atoms with E-state index in [-0.39, 0.29) is 28.9 Å². The summed E-state index contributed by atoms with van der Waals surface area (Å²) in [7, 11) is 0. The lowest BCUT2D eigenvalue weighted by Gasteiger charge is -2.51. The van der Waals surface area contributed by atoms with Crippen molar-refractivity contribution in [1.82, 2.24) is 30.5 Å². The molecule has 32 heavy (non-hydrogen) atoms. The first-order valence-electron chi connectivity index (χ1n) is 10.7. The van der Waals surface area contributed by atoms with Crippen LogP contribution in [0.1, 0.15) is 18.4 Å². The molecule has 1 unspecified atom stereocenters. The number of pyridine rings is 1. The predicted molar refractivity (Wildman–Crippen MR) is 123 cm³/mol. The number of benzene rings is 1. The quantitative estimate of drug-likeness (QED) is 0.511. The first-order chi connectivity index (χ1) is 15.5. The first-order valence-corrected chi connectivity index (χ1v) is 11.6. The van der Waals surface area contributed by atoms with E-state index in [1.165, 1.54) is 18.3 Å². The van der Waals surface area contributed by atoms with Gasteiger partial charge in [-0.2, -0.15) is 0 Å². The number of thioether (sulfide) groups is 1. The van der Waals surface area contributed by atoms with E-state index in [9.17, 15) is 9.18 Å². The van der Waals surface area contributed by atoms with Gasteiger partial charge in [-0.05, 0) is 24.3 Å². The molecule has 0 spiro atoms. The molecule has 3 N–H and O–H groups in total. The smallest absolute Gasteiger partial charge is 0.268 e. The number of nitrogens with zero attached hydrogens (tertiary/aromatic N) is 3. The monoisotopic (exact) mass is 452 g/mol. The summed E-state index contributed by atoms with van der Waals surface area (Å²) >= 11 is 1.64. The van der Waals surface area contributed by atoms with Crippen molar-refractivity contribution in [3.8, 4) is 0 Å². The average Bonchev–Trinajstić information content (AvgIpc) is 3.42. The van der Waals surface area contributed by atoms with Crippen LogP contribution < -0.4 is 10.6 Å². The fourth-order valence-electron chi connectivity index (χ4n) is 4.30. The third-order valence-corrected chi connectivity index (χ3v) is 7.34. The Morgan fingerprint density at radius 1 is 1.31 bits per heavy atom. The topological polar surface area (TPSA) is 85.9 Å². The molecule has 1 amide bonds. The van der Waals surface area contributed by atoms with E-state index in [2.05, 4.69) is 37.4 Å². The van der Waals surface area contributed by atoms with Crippen LogP contribution in [0.2, 0.25) is 0 Å². The van der Waals surface area contributed by atoms with E-state index in [1.807, 2.05) is 29.7 Å². The lowest BCUT2D eigenvalue weighted by molar-refractivity contribution is -0.118. The van der Waals surface area contributed by atoms with E-state index in [4.69, 9.17) is 0 Å². The molecule has 2 aromatic heterocycles. The summed E-state index contributed by atoms with van der Waals surface area (Å²) in [6, 6.07) is 10.9. The van der Waals surface area contributed by atoms with Gasteiger partial charge in [-0.1, -0.05) is 19.1 Å². The zero-order valence-electron chi connectivity index (χ0n) is 17.8. The zero-order valence-corrected chi connectivity index (χ0v) is 18.6. The Kier molecular flexibility index (Phi) is 5.60. The second-order valence-electron chi connectivity index (χ2n) is 8.62. The molecule has 1 atom stereocenters. The van der Waals surface area contributed by atoms with Crippen LogP contribution in [0.3, 0.4) is 0 Å². The Morgan fingerprint density at radius 3 is 2.97 bits per heavy atom. The number of hydrogen-bond donors (Lipinski definition) is 3. The van der Waals surface area contributed by atoms with Crippen molar-refractivity contribution in [3.05, 3.63) is 71.0 Å². The number of amides is 1. The number of imidazole rings is 1. The predicted octanol–water partition coefficient (Wildman–Crippen LogP) is 2.78. The third kappa shape index (κ3) is 4.22. The zero-order chi connectivity index (χ0) is 22.1. The van der Waals surface area contributed by atoms with Crippen molar-refractivity contribution >= 4 is 28.7 Å². The normalized spacial score (nSPS) is 19.9. The molecule has 0 aliphatic carbocycles. The summed E-state index contributed by atoms with van der Waals surface area (Å²) in [5, 5.41) is 8.08. The van der Waals surface area contributed by atoms with E-state index in [0.717, 1.165) is 42.9 Å². The summed E-state index contributed by atoms with van der Waals surface area (Å²) in [4.78, 5) is 26.9. The average molecular weight is 453 g/mol. The van der Waals surface area contributed by atoms with Crippen LogP contribution in [0.25, 0.3) is 11.0 Å². The third-order valence-electron chi connectivity index (χ3n) is 6.01. The van der Waals surface area contributed by atoms with Crippen LogP contribution >= 0.6 is 11.8 Å². The molecule has 0 saturated carbocycles. The molecule has 3 aromatic rings. The van der Waals surface area contributed by atoms with E-state index >= 15 is 0 Å². The summed E-state index contributed by atoms with van der Waals surface area (Å²) in [6.07, 6.45) is 2.40. The number of carbonyl (C=O) groups excluding carboxylic acids is 1. The van der Waals surface area contributed by atoms with Crippen molar-refractivity contribution in [1.29, 1.82) is 0 Å². The molecule has 1 fully saturated rings. The molecule has 9 heteroatoms. The van der Waals surface area contributed by atoms with Gasteiger partial charge in [0.05, 0.1) is 28.6 Å². The van der Waals surface area contributed by atoms with Crippen molar-refractivity contribution in [2.24, 2.45) is 5.41 Å². The highest BCUT2D eigenvalue weighted by Gasteiger charge is 2.46. The molecule has 0 radical (unpaired) electrons. The van der Waals surface area contributed by atoms with Crippen LogP contribution in [0.15, 0.2) is 53.7 Å². The van der Waals surface area contributed by atoms with Gasteiger partial charge in [0.15, 0.2) is 0 Å². The van der Waals surface area contributed by atoms with Gasteiger partial charge in [0.25, 0.3) is 5.91 Å². The van der Waals surface area contributed by atoms with Crippen LogP contribution in [-0.2, 0) is 17.8 Å². The lowest BCUT2D eigenvalue weighted by Crippen LogP contribution is -2.62. The van der Waals surface area contributed by atoms with E-state index in [0.29, 0.717) is 5.70 Å². The Morgan fingerprint density at radius 2 is 2.16 bits per heavy atom. The minimum Gasteiger partial charge on any atom is -0.368 e. The second-order valence-corrected chi connectivity index (χ2v) is 9.60. The van der Waals surface area contributed by atoms with Crippen LogP contribution in [0.4, 0.5) is 4.39 Å². The number of aromatic nitrogens is 3. The second kappa shape index (κ2) is 8.55. The van der Waals surface area contributed by atoms with Gasteiger partial charge in [-0.15, -0.1) is 11.8 Å². The standard InChI is InChI=1S/C23H25FN6OS/c1-23(13-30(14-23)10-8-20-27-16-6-2-3-7-17(16)28-20)22-29-19(12-32-22)21(31)26-11-18-15(24)5-4-9-25-18/h2-7,9,12,22,29H,8,10-11,13-14H2,1H3,(H,26,31)(H,27,28). The fraction of sp³-hybridized carbons (Fsp3) is 0.348. The Hall–Kier alpha value is -2.91. The summed E-state index contributed by atoms with van der Waals surface area (Å²) in [5.41, 5.74) is 2.91. The SMILES string of the molecule is CC1(C2NC(C(=O)NCc3ncccc3F)=CS2)CN(CCc2nc3ccccc3[nH]2)C1. The van der Waals surface area contributed by atoms with Gasteiger partial charge in [0.2, 0.25) is 0 Å². The lowest BCUT2D eigenvalue weighted by atomic mass is 9.81. The molecule has 2 aliphatic rings. The Balaban J connectivity index is 1.08. The number of halogens is 1. The number of nitrogens with one attached hydrogen (secondary N) is 3. The van der Waals surface area contributed by atoms with Crippen LogP contribution in [-0.4, -0.2) is 50.8 Å². The number of rotatable bonds is 7. The maximum atomic E-state index is 13.7. The van der Waals surface area contributed by atoms with Gasteiger partial charge in [0, 0.05) is 43.1 Å². The molecule has 166 valence electrons. The van der Waals surface area contributed by atoms with E-state index < -0.39 is 5.82 Å². The molecule has 7 nitrogen and oxygen atoms in total. The Labute approximate surface area is 189 Å². The summed E-state index contributed by atoms with van der Waals surface area (Å²) in [5.74, 6) is 0.353. The molecular weight excluding hydrogens is 427 g/mol. The number of fused-ring (bicyclic) bond motifs is 1. The summed E-state index contributed by atoms with van der Waals surface area (Å²) < 4.78 is 13.7. The number of para-hydroxylation sites is 2. The minimum absolute atomic E-state index is 0.0622. The van der Waals surface area contributed by atoms with Crippen LogP contribution in [0.5, 0.6) is 0 Å². The molecule has 1 saturated heterocycles. The number of likely N-dealkylation sites (tertiary alicyclic amines) is 1. The highest BCUT2D eigenvalue weighted by molar-refractivity contribution is 8.03. The van der Waals surface area contributed by atoms with Crippen LogP contribution in [0, 0.1) is 11.2 Å². The van der Waals surface area contributed by atoms with Crippen molar-refractivity contribution in [2.75, 3.05) is 19.6 Å². The van der Waals surface area contributed by atoms with Crippen molar-refractivity contribution in [3.63, 3.8) is 0 Å². The van der Waals surface area contributed by atoms with Gasteiger partial charge in [-0.3, -0.25) is 9.78 Å². The van der Waals surface area contributed by atoms with E-state index in [1.54, 1.807) is 11.8 Å². The molecule has 0 bridgehead atoms.